The molecule has 24 heavy (non-hydrogen) atoms. The van der Waals surface area contributed by atoms with E-state index in [1.807, 2.05) is 30.5 Å². The van der Waals surface area contributed by atoms with Crippen molar-refractivity contribution < 1.29 is 9.18 Å². The van der Waals surface area contributed by atoms with Crippen LogP contribution in [-0.2, 0) is 11.3 Å². The molecule has 1 aliphatic rings. The molecule has 1 aromatic heterocycles. The largest absolute Gasteiger partial charge is 0.344 e. The Morgan fingerprint density at radius 1 is 1.25 bits per heavy atom. The number of hydrogen-bond donors (Lipinski definition) is 2. The zero-order chi connectivity index (χ0) is 16.9. The Morgan fingerprint density at radius 2 is 1.96 bits per heavy atom. The third-order valence-corrected chi connectivity index (χ3v) is 4.41. The Bertz CT molecular complexity index is 746. The molecule has 0 saturated carbocycles. The quantitative estimate of drug-likeness (QED) is 0.786. The third kappa shape index (κ3) is 4.10. The normalized spacial score (nSPS) is 14.5. The fraction of sp³-hybridized carbons (Fsp3) is 0.294. The Labute approximate surface area is 148 Å². The van der Waals surface area contributed by atoms with Crippen LogP contribution in [0.3, 0.4) is 0 Å². The second kappa shape index (κ2) is 7.72. The highest BCUT2D eigenvalue weighted by Gasteiger charge is 2.17. The maximum atomic E-state index is 14.1. The number of piperidine rings is 1. The SMILES string of the molecule is O=C(NCc1ccn(-c2ccc(Br)cc2)n1)C(F)=C1CCNCC1. The van der Waals surface area contributed by atoms with Gasteiger partial charge in [-0.3, -0.25) is 4.79 Å². The number of rotatable bonds is 4. The van der Waals surface area contributed by atoms with Gasteiger partial charge in [0.1, 0.15) is 0 Å². The van der Waals surface area contributed by atoms with Crippen molar-refractivity contribution in [2.24, 2.45) is 0 Å². The van der Waals surface area contributed by atoms with Crippen LogP contribution in [-0.4, -0.2) is 28.8 Å². The molecule has 0 unspecified atom stereocenters. The molecule has 2 N–H and O–H groups in total. The van der Waals surface area contributed by atoms with Crippen LogP contribution in [0.4, 0.5) is 4.39 Å². The molecule has 126 valence electrons. The molecular weight excluding hydrogens is 375 g/mol. The lowest BCUT2D eigenvalue weighted by molar-refractivity contribution is -0.119. The number of carbonyl (C=O) groups is 1. The predicted octanol–water partition coefficient (Wildman–Crippen LogP) is 2.86. The first kappa shape index (κ1) is 16.9. The van der Waals surface area contributed by atoms with Crippen molar-refractivity contribution in [2.75, 3.05) is 13.1 Å². The van der Waals surface area contributed by atoms with E-state index in [4.69, 9.17) is 0 Å². The van der Waals surface area contributed by atoms with E-state index in [2.05, 4.69) is 31.7 Å². The van der Waals surface area contributed by atoms with E-state index in [9.17, 15) is 9.18 Å². The van der Waals surface area contributed by atoms with E-state index in [1.165, 1.54) is 0 Å². The first-order valence-electron chi connectivity index (χ1n) is 7.80. The molecule has 1 fully saturated rings. The van der Waals surface area contributed by atoms with Crippen molar-refractivity contribution in [1.29, 1.82) is 0 Å². The molecule has 1 amide bonds. The van der Waals surface area contributed by atoms with Gasteiger partial charge in [0.25, 0.3) is 5.91 Å². The van der Waals surface area contributed by atoms with Crippen LogP contribution in [0.2, 0.25) is 0 Å². The van der Waals surface area contributed by atoms with Crippen molar-refractivity contribution in [3.8, 4) is 5.69 Å². The zero-order valence-electron chi connectivity index (χ0n) is 13.1. The molecule has 7 heteroatoms. The fourth-order valence-electron chi connectivity index (χ4n) is 2.55. The lowest BCUT2D eigenvalue weighted by atomic mass is 10.0. The molecule has 5 nitrogen and oxygen atoms in total. The molecule has 2 aromatic rings. The first-order chi connectivity index (χ1) is 11.6. The number of carbonyl (C=O) groups excluding carboxylic acids is 1. The lowest BCUT2D eigenvalue weighted by Crippen LogP contribution is -2.28. The Morgan fingerprint density at radius 3 is 2.67 bits per heavy atom. The summed E-state index contributed by atoms with van der Waals surface area (Å²) < 4.78 is 16.8. The van der Waals surface area contributed by atoms with Crippen LogP contribution in [0.15, 0.2) is 52.4 Å². The van der Waals surface area contributed by atoms with E-state index >= 15 is 0 Å². The molecular formula is C17H18BrFN4O. The molecule has 1 aromatic carbocycles. The summed E-state index contributed by atoms with van der Waals surface area (Å²) in [7, 11) is 0. The van der Waals surface area contributed by atoms with E-state index in [1.54, 1.807) is 10.7 Å². The summed E-state index contributed by atoms with van der Waals surface area (Å²) in [6.07, 6.45) is 2.97. The topological polar surface area (TPSA) is 59.0 Å². The molecule has 2 heterocycles. The number of nitrogens with zero attached hydrogens (tertiary/aromatic N) is 2. The van der Waals surface area contributed by atoms with Gasteiger partial charge in [-0.2, -0.15) is 5.10 Å². The predicted molar refractivity (Wildman–Crippen MR) is 93.3 cm³/mol. The second-order valence-electron chi connectivity index (χ2n) is 5.58. The number of aromatic nitrogens is 2. The molecule has 0 atom stereocenters. The molecule has 0 radical (unpaired) electrons. The van der Waals surface area contributed by atoms with Gasteiger partial charge in [-0.15, -0.1) is 0 Å². The third-order valence-electron chi connectivity index (χ3n) is 3.88. The highest BCUT2D eigenvalue weighted by molar-refractivity contribution is 9.10. The van der Waals surface area contributed by atoms with Gasteiger partial charge >= 0.3 is 0 Å². The van der Waals surface area contributed by atoms with Crippen LogP contribution >= 0.6 is 15.9 Å². The molecule has 1 aliphatic heterocycles. The smallest absolute Gasteiger partial charge is 0.280 e. The molecule has 0 aliphatic carbocycles. The van der Waals surface area contributed by atoms with Gasteiger partial charge in [-0.25, -0.2) is 9.07 Å². The minimum Gasteiger partial charge on any atom is -0.344 e. The van der Waals surface area contributed by atoms with Gasteiger partial charge in [0.15, 0.2) is 5.83 Å². The van der Waals surface area contributed by atoms with Gasteiger partial charge in [-0.1, -0.05) is 15.9 Å². The number of benzene rings is 1. The van der Waals surface area contributed by atoms with Crippen LogP contribution in [0.5, 0.6) is 0 Å². The summed E-state index contributed by atoms with van der Waals surface area (Å²) >= 11 is 3.39. The summed E-state index contributed by atoms with van der Waals surface area (Å²) in [6, 6.07) is 9.53. The monoisotopic (exact) mass is 392 g/mol. The highest BCUT2D eigenvalue weighted by atomic mass is 79.9. The van der Waals surface area contributed by atoms with Gasteiger partial charge in [-0.05, 0) is 61.8 Å². The lowest BCUT2D eigenvalue weighted by Gasteiger charge is -2.15. The summed E-state index contributed by atoms with van der Waals surface area (Å²) in [4.78, 5) is 11.9. The number of amides is 1. The number of halogens is 2. The van der Waals surface area contributed by atoms with E-state index in [-0.39, 0.29) is 6.54 Å². The average molecular weight is 393 g/mol. The van der Waals surface area contributed by atoms with Crippen LogP contribution in [0.25, 0.3) is 5.69 Å². The maximum absolute atomic E-state index is 14.1. The maximum Gasteiger partial charge on any atom is 0.280 e. The van der Waals surface area contributed by atoms with Crippen molar-refractivity contribution in [2.45, 2.75) is 19.4 Å². The van der Waals surface area contributed by atoms with Gasteiger partial charge < -0.3 is 10.6 Å². The summed E-state index contributed by atoms with van der Waals surface area (Å²) in [5.74, 6) is -1.31. The van der Waals surface area contributed by atoms with Crippen molar-refractivity contribution in [3.63, 3.8) is 0 Å². The number of hydrogen-bond acceptors (Lipinski definition) is 3. The molecule has 3 rings (SSSR count). The Hall–Kier alpha value is -1.99. The number of nitrogens with one attached hydrogen (secondary N) is 2. The van der Waals surface area contributed by atoms with Gasteiger partial charge in [0, 0.05) is 10.7 Å². The van der Waals surface area contributed by atoms with Gasteiger partial charge in [0.05, 0.1) is 17.9 Å². The minimum atomic E-state index is -0.662. The molecule has 1 saturated heterocycles. The van der Waals surface area contributed by atoms with Crippen molar-refractivity contribution in [1.82, 2.24) is 20.4 Å². The summed E-state index contributed by atoms with van der Waals surface area (Å²) in [6.45, 7) is 1.63. The van der Waals surface area contributed by atoms with Crippen molar-refractivity contribution >= 4 is 21.8 Å². The van der Waals surface area contributed by atoms with Crippen LogP contribution < -0.4 is 10.6 Å². The zero-order valence-corrected chi connectivity index (χ0v) is 14.6. The van der Waals surface area contributed by atoms with Gasteiger partial charge in [0.2, 0.25) is 0 Å². The Balaban J connectivity index is 1.61. The van der Waals surface area contributed by atoms with E-state index in [0.29, 0.717) is 37.2 Å². The van der Waals surface area contributed by atoms with Crippen molar-refractivity contribution in [3.05, 3.63) is 58.1 Å². The van der Waals surface area contributed by atoms with Crippen LogP contribution in [0.1, 0.15) is 18.5 Å². The molecule has 0 bridgehead atoms. The first-order valence-corrected chi connectivity index (χ1v) is 8.60. The standard InChI is InChI=1S/C17H18BrFN4O/c18-13-1-3-15(4-2-13)23-10-7-14(22-23)11-21-17(24)16(19)12-5-8-20-9-6-12/h1-4,7,10,20H,5-6,8-9,11H2,(H,21,24). The second-order valence-corrected chi connectivity index (χ2v) is 6.49. The minimum absolute atomic E-state index is 0.196. The Kier molecular flexibility index (Phi) is 5.42. The summed E-state index contributed by atoms with van der Waals surface area (Å²) in [5, 5.41) is 10.1. The summed E-state index contributed by atoms with van der Waals surface area (Å²) in [5.41, 5.74) is 2.18. The average Bonchev–Trinajstić information content (AvgIpc) is 3.09. The fourth-order valence-corrected chi connectivity index (χ4v) is 2.81. The van der Waals surface area contributed by atoms with E-state index in [0.717, 1.165) is 10.2 Å². The highest BCUT2D eigenvalue weighted by Crippen LogP contribution is 2.17. The van der Waals surface area contributed by atoms with Crippen LogP contribution in [0, 0.1) is 0 Å². The van der Waals surface area contributed by atoms with E-state index < -0.39 is 11.7 Å². The molecule has 0 spiro atoms.